The van der Waals surface area contributed by atoms with Crippen LogP contribution in [0.25, 0.3) is 0 Å². The lowest BCUT2D eigenvalue weighted by Gasteiger charge is -2.28. The van der Waals surface area contributed by atoms with E-state index < -0.39 is 23.6 Å². The van der Waals surface area contributed by atoms with Crippen LogP contribution in [-0.4, -0.2) is 21.9 Å². The molecule has 0 saturated heterocycles. The Bertz CT molecular complexity index is 1030. The van der Waals surface area contributed by atoms with E-state index in [0.29, 0.717) is 10.6 Å². The minimum Gasteiger partial charge on any atom is -0.506 e. The molecule has 2 aromatic rings. The second-order valence-electron chi connectivity index (χ2n) is 8.86. The highest BCUT2D eigenvalue weighted by Crippen LogP contribution is 2.45. The van der Waals surface area contributed by atoms with Crippen molar-refractivity contribution < 1.29 is 19.8 Å². The molecule has 0 bridgehead atoms. The zero-order valence-corrected chi connectivity index (χ0v) is 18.5. The van der Waals surface area contributed by atoms with E-state index in [1.165, 1.54) is 23.1 Å². The normalized spacial score (nSPS) is 17.2. The lowest BCUT2D eigenvalue weighted by molar-refractivity contribution is -0.119. The molecule has 3 rings (SSSR count). The van der Waals surface area contributed by atoms with Gasteiger partial charge < -0.3 is 10.2 Å². The molecule has 0 aromatic heterocycles. The maximum absolute atomic E-state index is 13.0. The lowest BCUT2D eigenvalue weighted by atomic mass is 9.85. The summed E-state index contributed by atoms with van der Waals surface area (Å²) in [6, 6.07) is 11.0. The molecule has 1 heterocycles. The third kappa shape index (κ3) is 3.82. The summed E-state index contributed by atoms with van der Waals surface area (Å²) in [4.78, 5) is 27.2. The van der Waals surface area contributed by atoms with Crippen molar-refractivity contribution >= 4 is 29.0 Å². The van der Waals surface area contributed by atoms with Crippen molar-refractivity contribution in [1.82, 2.24) is 0 Å². The highest BCUT2D eigenvalue weighted by atomic mass is 35.5. The first-order valence-corrected chi connectivity index (χ1v) is 10.2. The number of nitrogens with zero attached hydrogens (tertiary/aromatic N) is 1. The lowest BCUT2D eigenvalue weighted by Crippen LogP contribution is -2.31. The summed E-state index contributed by atoms with van der Waals surface area (Å²) in [5.41, 5.74) is 1.85. The van der Waals surface area contributed by atoms with Crippen LogP contribution in [0.1, 0.15) is 51.8 Å². The maximum Gasteiger partial charge on any atom is 0.294 e. The van der Waals surface area contributed by atoms with Gasteiger partial charge in [-0.1, -0.05) is 70.5 Å². The SMILES string of the molecule is CC(C)C(=O)C1=C(O)C(=O)N(c2cc(Cl)ccc2O)C1c1ccc(C(C)(C)C)cc1. The van der Waals surface area contributed by atoms with E-state index in [2.05, 4.69) is 20.8 Å². The van der Waals surface area contributed by atoms with Crippen LogP contribution < -0.4 is 4.90 Å². The van der Waals surface area contributed by atoms with Crippen molar-refractivity contribution in [3.8, 4) is 5.75 Å². The van der Waals surface area contributed by atoms with E-state index >= 15 is 0 Å². The molecule has 5 nitrogen and oxygen atoms in total. The predicted octanol–water partition coefficient (Wildman–Crippen LogP) is 5.47. The van der Waals surface area contributed by atoms with Gasteiger partial charge in [-0.15, -0.1) is 0 Å². The van der Waals surface area contributed by atoms with Gasteiger partial charge in [-0.2, -0.15) is 0 Å². The molecular formula is C24H26ClNO4. The largest absolute Gasteiger partial charge is 0.506 e. The van der Waals surface area contributed by atoms with Crippen molar-refractivity contribution in [3.63, 3.8) is 0 Å². The molecule has 0 spiro atoms. The van der Waals surface area contributed by atoms with Crippen molar-refractivity contribution in [2.24, 2.45) is 5.92 Å². The number of benzene rings is 2. The zero-order valence-electron chi connectivity index (χ0n) is 17.7. The third-order valence-corrected chi connectivity index (χ3v) is 5.52. The van der Waals surface area contributed by atoms with E-state index in [1.807, 2.05) is 24.3 Å². The van der Waals surface area contributed by atoms with Gasteiger partial charge in [-0.05, 0) is 34.7 Å². The number of halogens is 1. The van der Waals surface area contributed by atoms with E-state index in [0.717, 1.165) is 5.56 Å². The van der Waals surface area contributed by atoms with Crippen molar-refractivity contribution in [1.29, 1.82) is 0 Å². The minimum atomic E-state index is -0.870. The molecular weight excluding hydrogens is 402 g/mol. The van der Waals surface area contributed by atoms with Gasteiger partial charge in [0.25, 0.3) is 5.91 Å². The molecule has 2 N–H and O–H groups in total. The highest BCUT2D eigenvalue weighted by molar-refractivity contribution is 6.31. The molecule has 1 aliphatic rings. The van der Waals surface area contributed by atoms with E-state index in [4.69, 9.17) is 11.6 Å². The summed E-state index contributed by atoms with van der Waals surface area (Å²) in [6.07, 6.45) is 0. The topological polar surface area (TPSA) is 77.8 Å². The summed E-state index contributed by atoms with van der Waals surface area (Å²) >= 11 is 6.10. The summed E-state index contributed by atoms with van der Waals surface area (Å²) in [5.74, 6) is -2.26. The number of amides is 1. The van der Waals surface area contributed by atoms with Crippen LogP contribution in [0, 0.1) is 5.92 Å². The second kappa shape index (κ2) is 7.80. The summed E-state index contributed by atoms with van der Waals surface area (Å²) in [6.45, 7) is 9.71. The number of carbonyl (C=O) groups is 2. The number of aromatic hydroxyl groups is 1. The predicted molar refractivity (Wildman–Crippen MR) is 118 cm³/mol. The van der Waals surface area contributed by atoms with Gasteiger partial charge in [0, 0.05) is 10.9 Å². The first-order valence-electron chi connectivity index (χ1n) is 9.83. The first kappa shape index (κ1) is 21.9. The van der Waals surface area contributed by atoms with Gasteiger partial charge in [-0.25, -0.2) is 0 Å². The number of rotatable bonds is 4. The Kier molecular flexibility index (Phi) is 5.70. The molecule has 0 fully saturated rings. The molecule has 0 aliphatic carbocycles. The number of ketones is 1. The fourth-order valence-electron chi connectivity index (χ4n) is 3.59. The van der Waals surface area contributed by atoms with Crippen LogP contribution in [0.3, 0.4) is 0 Å². The van der Waals surface area contributed by atoms with Gasteiger partial charge in [0.05, 0.1) is 17.3 Å². The number of phenols is 1. The van der Waals surface area contributed by atoms with E-state index in [-0.39, 0.29) is 28.2 Å². The molecule has 158 valence electrons. The molecule has 2 aromatic carbocycles. The quantitative estimate of drug-likeness (QED) is 0.678. The number of carbonyl (C=O) groups excluding carboxylic acids is 2. The van der Waals surface area contributed by atoms with Gasteiger partial charge in [0.1, 0.15) is 5.75 Å². The Morgan fingerprint density at radius 2 is 1.67 bits per heavy atom. The number of phenolic OH excluding ortho intramolecular Hbond substituents is 1. The van der Waals surface area contributed by atoms with Gasteiger partial charge >= 0.3 is 0 Å². The third-order valence-electron chi connectivity index (χ3n) is 5.29. The Morgan fingerprint density at radius 1 is 1.07 bits per heavy atom. The van der Waals surface area contributed by atoms with Crippen LogP contribution in [0.5, 0.6) is 5.75 Å². The Labute approximate surface area is 181 Å². The van der Waals surface area contributed by atoms with Gasteiger partial charge in [0.15, 0.2) is 11.5 Å². The average Bonchev–Trinajstić information content (AvgIpc) is 2.93. The monoisotopic (exact) mass is 427 g/mol. The standard InChI is InChI=1S/C24H26ClNO4/c1-13(2)21(28)19-20(14-6-8-15(9-7-14)24(3,4)5)26(23(30)22(19)29)17-12-16(25)10-11-18(17)27/h6-13,20,27,29H,1-5H3. The molecule has 1 atom stereocenters. The number of aliphatic hydroxyl groups is 1. The fourth-order valence-corrected chi connectivity index (χ4v) is 3.75. The molecule has 0 radical (unpaired) electrons. The number of anilines is 1. The molecule has 30 heavy (non-hydrogen) atoms. The Morgan fingerprint density at radius 3 is 2.20 bits per heavy atom. The highest BCUT2D eigenvalue weighted by Gasteiger charge is 2.45. The van der Waals surface area contributed by atoms with Crippen LogP contribution in [0.15, 0.2) is 53.8 Å². The fraction of sp³-hybridized carbons (Fsp3) is 0.333. The van der Waals surface area contributed by atoms with Crippen molar-refractivity contribution in [2.75, 3.05) is 4.90 Å². The van der Waals surface area contributed by atoms with Crippen LogP contribution in [0.2, 0.25) is 5.02 Å². The summed E-state index contributed by atoms with van der Waals surface area (Å²) in [7, 11) is 0. The van der Waals surface area contributed by atoms with Crippen molar-refractivity contribution in [3.05, 3.63) is 69.9 Å². The Hall–Kier alpha value is -2.79. The van der Waals surface area contributed by atoms with Crippen molar-refractivity contribution in [2.45, 2.75) is 46.1 Å². The molecule has 1 unspecified atom stereocenters. The zero-order chi connectivity index (χ0) is 22.4. The molecule has 1 amide bonds. The average molecular weight is 428 g/mol. The molecule has 6 heteroatoms. The summed E-state index contributed by atoms with van der Waals surface area (Å²) < 4.78 is 0. The molecule has 1 aliphatic heterocycles. The van der Waals surface area contributed by atoms with E-state index in [9.17, 15) is 19.8 Å². The number of hydrogen-bond acceptors (Lipinski definition) is 4. The van der Waals surface area contributed by atoms with Crippen LogP contribution >= 0.6 is 11.6 Å². The van der Waals surface area contributed by atoms with E-state index in [1.54, 1.807) is 13.8 Å². The maximum atomic E-state index is 13.0. The Balaban J connectivity index is 2.21. The molecule has 0 saturated carbocycles. The second-order valence-corrected chi connectivity index (χ2v) is 9.30. The number of aliphatic hydroxyl groups excluding tert-OH is 1. The number of Topliss-reactive ketones (excluding diaryl/α,β-unsaturated/α-hetero) is 1. The summed E-state index contributed by atoms with van der Waals surface area (Å²) in [5, 5.41) is 21.4. The minimum absolute atomic E-state index is 0.0258. The van der Waals surface area contributed by atoms with Crippen LogP contribution in [0.4, 0.5) is 5.69 Å². The van der Waals surface area contributed by atoms with Gasteiger partial charge in [0.2, 0.25) is 0 Å². The number of hydrogen-bond donors (Lipinski definition) is 2. The smallest absolute Gasteiger partial charge is 0.294 e. The van der Waals surface area contributed by atoms with Gasteiger partial charge in [-0.3, -0.25) is 14.5 Å². The first-order chi connectivity index (χ1) is 13.9. The van der Waals surface area contributed by atoms with Crippen LogP contribution in [-0.2, 0) is 15.0 Å².